The predicted octanol–water partition coefficient (Wildman–Crippen LogP) is 3.05. The summed E-state index contributed by atoms with van der Waals surface area (Å²) in [6.45, 7) is 12.0. The number of rotatable bonds is 6. The van der Waals surface area contributed by atoms with E-state index in [1.54, 1.807) is 36.4 Å². The van der Waals surface area contributed by atoms with Crippen molar-refractivity contribution < 1.29 is 49.0 Å². The van der Waals surface area contributed by atoms with Gasteiger partial charge in [-0.1, -0.05) is 38.8 Å². The van der Waals surface area contributed by atoms with Crippen LogP contribution in [0.4, 0.5) is 0 Å². The molecule has 3 rings (SSSR count). The van der Waals surface area contributed by atoms with Crippen LogP contribution in [0.25, 0.3) is 0 Å². The number of hydrogen-bond donors (Lipinski definition) is 4. The number of halogens is 1. The number of ether oxygens (including phenoxy) is 4. The molecule has 0 amide bonds. The number of terminal acetylenes is 1. The van der Waals surface area contributed by atoms with Crippen LogP contribution < -0.4 is 0 Å². The summed E-state index contributed by atoms with van der Waals surface area (Å²) in [5.74, 6) is -1.96. The molecule has 2 heterocycles. The van der Waals surface area contributed by atoms with Gasteiger partial charge in [0.05, 0.1) is 35.9 Å². The molecule has 270 valence electrons. The minimum Gasteiger partial charge on any atom is -0.448 e. The molecule has 12 heteroatoms. The van der Waals surface area contributed by atoms with Crippen molar-refractivity contribution >= 4 is 34.3 Å². The number of ketones is 1. The second-order valence-electron chi connectivity index (χ2n) is 14.2. The summed E-state index contributed by atoms with van der Waals surface area (Å²) >= 11 is 1.71. The Balaban J connectivity index is 1.99. The van der Waals surface area contributed by atoms with E-state index in [1.807, 2.05) is 50.1 Å². The first kappa shape index (κ1) is 40.8. The summed E-state index contributed by atoms with van der Waals surface area (Å²) in [5, 5.41) is 45.5. The van der Waals surface area contributed by atoms with Gasteiger partial charge < -0.3 is 39.4 Å². The van der Waals surface area contributed by atoms with E-state index in [4.69, 9.17) is 25.4 Å². The average molecular weight is 788 g/mol. The van der Waals surface area contributed by atoms with Gasteiger partial charge in [0.25, 0.3) is 0 Å². The number of carbonyl (C=O) groups excluding carboxylic acids is 2. The van der Waals surface area contributed by atoms with Crippen molar-refractivity contribution in [2.45, 2.75) is 126 Å². The van der Waals surface area contributed by atoms with Gasteiger partial charge in [-0.25, -0.2) is 0 Å². The number of Topliss-reactive ketones (excluding diaryl/α,β-unsaturated/α-hetero) is 1. The molecule has 2 fully saturated rings. The van der Waals surface area contributed by atoms with Crippen molar-refractivity contribution in [3.05, 3.63) is 35.4 Å². The Morgan fingerprint density at radius 3 is 2.21 bits per heavy atom. The topological polar surface area (TPSA) is 155 Å². The lowest BCUT2D eigenvalue weighted by Gasteiger charge is -2.49. The molecule has 0 radical (unpaired) electrons. The Morgan fingerprint density at radius 2 is 1.65 bits per heavy atom. The first-order valence-electron chi connectivity index (χ1n) is 16.6. The maximum absolute atomic E-state index is 13.6. The molecule has 2 saturated heterocycles. The second-order valence-corrected chi connectivity index (χ2v) is 15.4. The van der Waals surface area contributed by atoms with Crippen LogP contribution in [-0.4, -0.2) is 109 Å². The zero-order chi connectivity index (χ0) is 36.3. The quantitative estimate of drug-likeness (QED) is 0.146. The third-order valence-electron chi connectivity index (χ3n) is 10.7. The maximum atomic E-state index is 13.6. The van der Waals surface area contributed by atoms with Crippen LogP contribution in [0.15, 0.2) is 24.3 Å². The number of likely N-dealkylation sites (N-methyl/N-ethyl adjacent to an activating group) is 1. The molecule has 1 aromatic carbocycles. The van der Waals surface area contributed by atoms with E-state index in [-0.39, 0.29) is 24.3 Å². The normalized spacial score (nSPS) is 42.1. The van der Waals surface area contributed by atoms with E-state index < -0.39 is 75.7 Å². The van der Waals surface area contributed by atoms with Gasteiger partial charge >= 0.3 is 5.97 Å². The number of methoxy groups -OCH3 is 1. The highest BCUT2D eigenvalue weighted by molar-refractivity contribution is 14.1. The molecular formula is C36H54INO10. The molecule has 2 aliphatic heterocycles. The van der Waals surface area contributed by atoms with E-state index in [2.05, 4.69) is 5.92 Å². The first-order valence-corrected chi connectivity index (χ1v) is 17.8. The van der Waals surface area contributed by atoms with Crippen LogP contribution in [0.5, 0.6) is 0 Å². The van der Waals surface area contributed by atoms with E-state index in [0.717, 1.165) is 11.1 Å². The summed E-state index contributed by atoms with van der Waals surface area (Å²) in [7, 11) is 3.39. The van der Waals surface area contributed by atoms with Crippen molar-refractivity contribution in [2.75, 3.05) is 14.2 Å². The molecule has 11 nitrogen and oxygen atoms in total. The highest BCUT2D eigenvalue weighted by Crippen LogP contribution is 2.40. The minimum atomic E-state index is -1.95. The lowest BCUT2D eigenvalue weighted by molar-refractivity contribution is -0.306. The van der Waals surface area contributed by atoms with Crippen LogP contribution in [0.3, 0.4) is 0 Å². The van der Waals surface area contributed by atoms with Crippen molar-refractivity contribution in [2.24, 2.45) is 23.7 Å². The molecule has 0 saturated carbocycles. The molecule has 4 N–H and O–H groups in total. The van der Waals surface area contributed by atoms with Gasteiger partial charge in [-0.15, -0.1) is 6.42 Å². The molecule has 0 aromatic heterocycles. The molecule has 1 aromatic rings. The largest absolute Gasteiger partial charge is 0.448 e. The van der Waals surface area contributed by atoms with E-state index >= 15 is 0 Å². The minimum absolute atomic E-state index is 0.0586. The number of alkyl halides is 1. The van der Waals surface area contributed by atoms with E-state index in [0.29, 0.717) is 13.0 Å². The second kappa shape index (κ2) is 16.6. The van der Waals surface area contributed by atoms with Crippen LogP contribution in [0.2, 0.25) is 0 Å². The molecule has 0 bridgehead atoms. The van der Waals surface area contributed by atoms with Gasteiger partial charge in [0, 0.05) is 43.5 Å². The summed E-state index contributed by atoms with van der Waals surface area (Å²) in [6, 6.07) is 7.29. The highest BCUT2D eigenvalue weighted by Gasteiger charge is 2.52. The number of cyclic esters (lactones) is 1. The smallest absolute Gasteiger partial charge is 0.312 e. The first-order chi connectivity index (χ1) is 22.3. The maximum Gasteiger partial charge on any atom is 0.312 e. The molecule has 2 aliphatic rings. The van der Waals surface area contributed by atoms with Crippen LogP contribution in [0.1, 0.15) is 72.4 Å². The number of aliphatic hydroxyl groups excluding tert-OH is 3. The van der Waals surface area contributed by atoms with Crippen LogP contribution in [-0.2, 0) is 35.1 Å². The van der Waals surface area contributed by atoms with E-state index in [1.165, 1.54) is 27.9 Å². The van der Waals surface area contributed by atoms with Gasteiger partial charge in [0.15, 0.2) is 10.4 Å². The van der Waals surface area contributed by atoms with E-state index in [9.17, 15) is 30.0 Å². The third-order valence-corrected chi connectivity index (χ3v) is 12.2. The standard InChI is InChI=1S/C36H54INO10/c1-11-24-12-14-25(15-13-24)18-38(9)26-17-20(3)46-33(29(26)41)47-31-22(5)28(40)23(6)32(43)48-34(37)35(7,44)30(42)21(4)27(39)16-19(2)36(31,8)45-10/h1,12-15,19-23,26,28-31,33-34,40-42,44H,16-18H2,2-10H3/t19-,20-,21+,22+,23-,26+,28+,29-,30-,31-,33+,34+,35+,36-/m1/s1. The fraction of sp³-hybridized carbons (Fsp3) is 0.722. The molecule has 0 spiro atoms. The monoisotopic (exact) mass is 787 g/mol. The van der Waals surface area contributed by atoms with Gasteiger partial charge in [-0.3, -0.25) is 14.5 Å². The van der Waals surface area contributed by atoms with Crippen molar-refractivity contribution in [1.29, 1.82) is 0 Å². The van der Waals surface area contributed by atoms with Crippen molar-refractivity contribution in [3.63, 3.8) is 0 Å². The number of benzene rings is 1. The SMILES string of the molecule is C#Cc1ccc(CN(C)[C@H]2C[C@@H](C)O[C@@H](O[C@@H]3[C@@H](C)[C@H](O)[C@@H](C)C(=O)O[C@H](I)[C@@](C)(O)[C@H](O)[C@@H](C)C(=O)C[C@@H](C)[C@@]3(C)OC)[C@@H]2O)cc1. The van der Waals surface area contributed by atoms with Crippen LogP contribution >= 0.6 is 22.6 Å². The predicted molar refractivity (Wildman–Crippen MR) is 188 cm³/mol. The zero-order valence-corrected chi connectivity index (χ0v) is 31.7. The Bertz CT molecular complexity index is 1290. The Kier molecular flexibility index (Phi) is 14.1. The van der Waals surface area contributed by atoms with Crippen LogP contribution in [0, 0.1) is 36.0 Å². The molecular weight excluding hydrogens is 733 g/mol. The highest BCUT2D eigenvalue weighted by atomic mass is 127. The number of aliphatic hydroxyl groups is 4. The number of hydrogen-bond acceptors (Lipinski definition) is 11. The van der Waals surface area contributed by atoms with Gasteiger partial charge in [-0.05, 0) is 87.4 Å². The third kappa shape index (κ3) is 8.79. The Labute approximate surface area is 298 Å². The molecule has 48 heavy (non-hydrogen) atoms. The Hall–Kier alpha value is -1.67. The zero-order valence-electron chi connectivity index (χ0n) is 29.5. The summed E-state index contributed by atoms with van der Waals surface area (Å²) in [6.07, 6.45) is -0.449. The fourth-order valence-corrected chi connectivity index (χ4v) is 7.44. The summed E-state index contributed by atoms with van der Waals surface area (Å²) in [4.78, 5) is 28.9. The van der Waals surface area contributed by atoms with Gasteiger partial charge in [0.1, 0.15) is 17.5 Å². The number of nitrogens with zero attached hydrogens (tertiary/aromatic N) is 1. The lowest BCUT2D eigenvalue weighted by atomic mass is 9.73. The van der Waals surface area contributed by atoms with Crippen molar-refractivity contribution in [1.82, 2.24) is 4.90 Å². The fourth-order valence-electron chi connectivity index (χ4n) is 6.82. The number of esters is 1. The molecule has 0 aliphatic carbocycles. The number of carbonyl (C=O) groups is 2. The summed E-state index contributed by atoms with van der Waals surface area (Å²) < 4.78 is 23.3. The average Bonchev–Trinajstić information content (AvgIpc) is 3.05. The lowest BCUT2D eigenvalue weighted by Crippen LogP contribution is -2.61. The molecule has 14 atom stereocenters. The van der Waals surface area contributed by atoms with Crippen molar-refractivity contribution in [3.8, 4) is 12.3 Å². The van der Waals surface area contributed by atoms with Gasteiger partial charge in [-0.2, -0.15) is 0 Å². The van der Waals surface area contributed by atoms with Gasteiger partial charge in [0.2, 0.25) is 0 Å². The summed E-state index contributed by atoms with van der Waals surface area (Å²) in [5.41, 5.74) is -1.41. The Morgan fingerprint density at radius 1 is 1.04 bits per heavy atom. The molecule has 0 unspecified atom stereocenters.